The normalized spacial score (nSPS) is 11.8. The van der Waals surface area contributed by atoms with E-state index in [9.17, 15) is 4.79 Å². The van der Waals surface area contributed by atoms with Crippen molar-refractivity contribution < 1.29 is 0 Å². The Labute approximate surface area is 215 Å². The van der Waals surface area contributed by atoms with E-state index in [2.05, 4.69) is 71.9 Å². The van der Waals surface area contributed by atoms with Gasteiger partial charge in [0.05, 0.1) is 12.2 Å². The molecule has 0 saturated carbocycles. The van der Waals surface area contributed by atoms with E-state index in [1.54, 1.807) is 28.4 Å². The van der Waals surface area contributed by atoms with E-state index in [0.29, 0.717) is 17.9 Å². The van der Waals surface area contributed by atoms with Crippen molar-refractivity contribution in [1.82, 2.24) is 24.1 Å². The summed E-state index contributed by atoms with van der Waals surface area (Å²) in [6, 6.07) is 24.3. The Morgan fingerprint density at radius 2 is 1.67 bits per heavy atom. The molecule has 0 aliphatic carbocycles. The molecule has 0 aliphatic rings. The van der Waals surface area contributed by atoms with Gasteiger partial charge in [-0.2, -0.15) is 0 Å². The van der Waals surface area contributed by atoms with E-state index in [0.717, 1.165) is 27.8 Å². The van der Waals surface area contributed by atoms with Crippen LogP contribution in [0.2, 0.25) is 0 Å². The van der Waals surface area contributed by atoms with E-state index in [1.807, 2.05) is 37.3 Å². The van der Waals surface area contributed by atoms with Crippen LogP contribution in [0.25, 0.3) is 17.0 Å². The van der Waals surface area contributed by atoms with Crippen molar-refractivity contribution in [1.29, 1.82) is 0 Å². The molecule has 6 nitrogen and oxygen atoms in total. The number of benzene rings is 2. The van der Waals surface area contributed by atoms with Crippen LogP contribution in [0.5, 0.6) is 0 Å². The van der Waals surface area contributed by atoms with E-state index >= 15 is 0 Å². The van der Waals surface area contributed by atoms with Crippen LogP contribution < -0.4 is 5.56 Å². The number of nitrogens with zero attached hydrogens (tertiary/aromatic N) is 5. The first-order chi connectivity index (χ1) is 17.3. The van der Waals surface area contributed by atoms with Gasteiger partial charge in [-0.05, 0) is 41.2 Å². The van der Waals surface area contributed by atoms with Gasteiger partial charge in [-0.15, -0.1) is 10.2 Å². The second kappa shape index (κ2) is 9.74. The average molecular weight is 496 g/mol. The molecule has 0 saturated heterocycles. The highest BCUT2D eigenvalue weighted by molar-refractivity contribution is 7.98. The first kappa shape index (κ1) is 24.0. The van der Waals surface area contributed by atoms with Crippen molar-refractivity contribution in [3.63, 3.8) is 0 Å². The van der Waals surface area contributed by atoms with Crippen molar-refractivity contribution in [3.8, 4) is 11.4 Å². The van der Waals surface area contributed by atoms with Crippen LogP contribution in [0, 0.1) is 6.92 Å². The largest absolute Gasteiger partial charge is 0.298 e. The van der Waals surface area contributed by atoms with Crippen molar-refractivity contribution in [2.75, 3.05) is 0 Å². The summed E-state index contributed by atoms with van der Waals surface area (Å²) in [4.78, 5) is 17.3. The Hall–Kier alpha value is -3.71. The van der Waals surface area contributed by atoms with Gasteiger partial charge in [-0.1, -0.05) is 87.1 Å². The smallest absolute Gasteiger partial charge is 0.258 e. The number of pyridine rings is 1. The third-order valence-corrected chi connectivity index (χ3v) is 7.13. The highest BCUT2D eigenvalue weighted by Gasteiger charge is 2.18. The van der Waals surface area contributed by atoms with Gasteiger partial charge in [0.15, 0.2) is 11.0 Å². The molecule has 5 rings (SSSR count). The summed E-state index contributed by atoms with van der Waals surface area (Å²) in [7, 11) is 0. The van der Waals surface area contributed by atoms with Crippen LogP contribution in [0.15, 0.2) is 88.9 Å². The Balaban J connectivity index is 1.48. The zero-order valence-electron chi connectivity index (χ0n) is 21.0. The van der Waals surface area contributed by atoms with Crippen LogP contribution in [-0.4, -0.2) is 24.1 Å². The fourth-order valence-electron chi connectivity index (χ4n) is 4.10. The highest BCUT2D eigenvalue weighted by atomic mass is 32.2. The standard InChI is InChI=1S/C29H29N5OS/c1-20-14-15-33-25(16-20)30-24(17-26(33)35)19-36-28-32-31-27(34(28)18-21-8-6-5-7-9-21)22-10-12-23(13-11-22)29(2,3)4/h5-17H,18-19H2,1-4H3. The average Bonchev–Trinajstić information content (AvgIpc) is 3.25. The second-order valence-corrected chi connectivity index (χ2v) is 11.0. The van der Waals surface area contributed by atoms with Gasteiger partial charge < -0.3 is 0 Å². The molecule has 0 amide bonds. The Morgan fingerprint density at radius 1 is 0.917 bits per heavy atom. The molecule has 0 atom stereocenters. The van der Waals surface area contributed by atoms with Gasteiger partial charge in [-0.3, -0.25) is 13.8 Å². The van der Waals surface area contributed by atoms with Gasteiger partial charge in [0.25, 0.3) is 5.56 Å². The summed E-state index contributed by atoms with van der Waals surface area (Å²) in [5, 5.41) is 9.90. The van der Waals surface area contributed by atoms with Crippen molar-refractivity contribution in [2.45, 2.75) is 50.6 Å². The summed E-state index contributed by atoms with van der Waals surface area (Å²) in [6.07, 6.45) is 1.77. The summed E-state index contributed by atoms with van der Waals surface area (Å²) in [6.45, 7) is 9.28. The molecular formula is C29H29N5OS. The topological polar surface area (TPSA) is 65.1 Å². The number of aryl methyl sites for hydroxylation is 1. The van der Waals surface area contributed by atoms with Gasteiger partial charge in [0.2, 0.25) is 0 Å². The minimum atomic E-state index is -0.0824. The second-order valence-electron chi connectivity index (χ2n) is 10.0. The summed E-state index contributed by atoms with van der Waals surface area (Å²) in [5.41, 5.74) is 5.92. The molecule has 7 heteroatoms. The molecule has 0 spiro atoms. The van der Waals surface area contributed by atoms with E-state index in [-0.39, 0.29) is 11.0 Å². The molecule has 5 aromatic rings. The fraction of sp³-hybridized carbons (Fsp3) is 0.241. The molecule has 182 valence electrons. The molecule has 0 unspecified atom stereocenters. The van der Waals surface area contributed by atoms with E-state index in [4.69, 9.17) is 4.98 Å². The number of fused-ring (bicyclic) bond motifs is 1. The van der Waals surface area contributed by atoms with Crippen molar-refractivity contribution in [3.05, 3.63) is 112 Å². The fourth-order valence-corrected chi connectivity index (χ4v) is 4.93. The lowest BCUT2D eigenvalue weighted by atomic mass is 9.87. The minimum Gasteiger partial charge on any atom is -0.298 e. The third kappa shape index (κ3) is 5.11. The van der Waals surface area contributed by atoms with Crippen LogP contribution in [-0.2, 0) is 17.7 Å². The van der Waals surface area contributed by atoms with Gasteiger partial charge in [0.1, 0.15) is 5.65 Å². The third-order valence-electron chi connectivity index (χ3n) is 6.13. The van der Waals surface area contributed by atoms with E-state index in [1.165, 1.54) is 11.1 Å². The zero-order chi connectivity index (χ0) is 25.3. The van der Waals surface area contributed by atoms with Gasteiger partial charge in [0, 0.05) is 23.6 Å². The monoisotopic (exact) mass is 495 g/mol. The summed E-state index contributed by atoms with van der Waals surface area (Å²) in [5.74, 6) is 1.35. The van der Waals surface area contributed by atoms with Crippen LogP contribution in [0.1, 0.15) is 43.2 Å². The number of hydrogen-bond donors (Lipinski definition) is 0. The molecule has 2 aromatic carbocycles. The Morgan fingerprint density at radius 3 is 2.39 bits per heavy atom. The lowest BCUT2D eigenvalue weighted by Crippen LogP contribution is -2.15. The lowest BCUT2D eigenvalue weighted by Gasteiger charge is -2.19. The summed E-state index contributed by atoms with van der Waals surface area (Å²) < 4.78 is 3.71. The van der Waals surface area contributed by atoms with Crippen LogP contribution >= 0.6 is 11.8 Å². The highest BCUT2D eigenvalue weighted by Crippen LogP contribution is 2.29. The van der Waals surface area contributed by atoms with Crippen molar-refractivity contribution in [2.24, 2.45) is 0 Å². The molecule has 3 aromatic heterocycles. The predicted octanol–water partition coefficient (Wildman–Crippen LogP) is 5.90. The summed E-state index contributed by atoms with van der Waals surface area (Å²) >= 11 is 1.54. The number of thioether (sulfide) groups is 1. The number of hydrogen-bond acceptors (Lipinski definition) is 5. The lowest BCUT2D eigenvalue weighted by molar-refractivity contribution is 0.590. The maximum absolute atomic E-state index is 12.6. The van der Waals surface area contributed by atoms with Crippen LogP contribution in [0.4, 0.5) is 0 Å². The molecule has 3 heterocycles. The molecule has 36 heavy (non-hydrogen) atoms. The molecule has 0 bridgehead atoms. The number of rotatable bonds is 6. The molecule has 0 N–H and O–H groups in total. The number of aromatic nitrogens is 5. The Bertz CT molecular complexity index is 1560. The Kier molecular flexibility index (Phi) is 6.49. The van der Waals surface area contributed by atoms with E-state index < -0.39 is 0 Å². The molecule has 0 aliphatic heterocycles. The van der Waals surface area contributed by atoms with Crippen molar-refractivity contribution >= 4 is 17.4 Å². The molecule has 0 fully saturated rings. The zero-order valence-corrected chi connectivity index (χ0v) is 21.8. The molecular weight excluding hydrogens is 466 g/mol. The molecule has 0 radical (unpaired) electrons. The predicted molar refractivity (Wildman–Crippen MR) is 145 cm³/mol. The first-order valence-electron chi connectivity index (χ1n) is 12.0. The maximum Gasteiger partial charge on any atom is 0.258 e. The quantitative estimate of drug-likeness (QED) is 0.275. The van der Waals surface area contributed by atoms with Gasteiger partial charge in [-0.25, -0.2) is 4.98 Å². The maximum atomic E-state index is 12.6. The first-order valence-corrected chi connectivity index (χ1v) is 13.0. The minimum absolute atomic E-state index is 0.0824. The van der Waals surface area contributed by atoms with Gasteiger partial charge >= 0.3 is 0 Å². The SMILES string of the molecule is Cc1ccn2c(=O)cc(CSc3nnc(-c4ccc(C(C)(C)C)cc4)n3Cc3ccccc3)nc2c1. The van der Waals surface area contributed by atoms with Crippen LogP contribution in [0.3, 0.4) is 0 Å².